The molecule has 3 aromatic carbocycles. The van der Waals surface area contributed by atoms with Crippen molar-refractivity contribution in [3.63, 3.8) is 0 Å². The van der Waals surface area contributed by atoms with Gasteiger partial charge in [-0.2, -0.15) is 0 Å². The van der Waals surface area contributed by atoms with Gasteiger partial charge in [0.05, 0.1) is 12.1 Å². The third-order valence-electron chi connectivity index (χ3n) is 5.52. The van der Waals surface area contributed by atoms with E-state index >= 15 is 0 Å². The van der Waals surface area contributed by atoms with Crippen LogP contribution in [0.2, 0.25) is 5.02 Å². The van der Waals surface area contributed by atoms with Crippen LogP contribution >= 0.6 is 34.2 Å². The summed E-state index contributed by atoms with van der Waals surface area (Å²) in [5, 5.41) is 0.501. The van der Waals surface area contributed by atoms with Crippen molar-refractivity contribution in [1.29, 1.82) is 0 Å². The van der Waals surface area contributed by atoms with Crippen LogP contribution in [0.15, 0.2) is 72.8 Å². The fraction of sp³-hybridized carbons (Fsp3) is 0.160. The molecule has 1 atom stereocenters. The van der Waals surface area contributed by atoms with Crippen molar-refractivity contribution in [2.24, 2.45) is 0 Å². The highest BCUT2D eigenvalue weighted by Gasteiger charge is 2.44. The van der Waals surface area contributed by atoms with E-state index in [0.717, 1.165) is 9.13 Å². The van der Waals surface area contributed by atoms with E-state index in [2.05, 4.69) is 22.6 Å². The Morgan fingerprint density at radius 2 is 1.69 bits per heavy atom. The van der Waals surface area contributed by atoms with E-state index in [1.165, 1.54) is 9.80 Å². The van der Waals surface area contributed by atoms with Gasteiger partial charge >= 0.3 is 0 Å². The van der Waals surface area contributed by atoms with Gasteiger partial charge in [-0.1, -0.05) is 48.0 Å². The fourth-order valence-electron chi connectivity index (χ4n) is 3.82. The van der Waals surface area contributed by atoms with E-state index in [1.54, 1.807) is 30.3 Å². The normalized spacial score (nSPS) is 15.8. The van der Waals surface area contributed by atoms with E-state index in [1.807, 2.05) is 49.4 Å². The molecule has 1 unspecified atom stereocenters. The summed E-state index contributed by atoms with van der Waals surface area (Å²) in [6.45, 7) is 1.97. The third kappa shape index (κ3) is 4.42. The highest BCUT2D eigenvalue weighted by atomic mass is 127. The van der Waals surface area contributed by atoms with Crippen molar-refractivity contribution >= 4 is 57.6 Å². The fourth-order valence-corrected chi connectivity index (χ4v) is 4.38. The van der Waals surface area contributed by atoms with Gasteiger partial charge in [0.1, 0.15) is 6.04 Å². The third-order valence-corrected chi connectivity index (χ3v) is 6.61. The molecule has 0 aromatic heterocycles. The second-order valence-corrected chi connectivity index (χ2v) is 9.26. The monoisotopic (exact) mass is 558 g/mol. The molecule has 162 valence electrons. The first-order valence-corrected chi connectivity index (χ1v) is 11.5. The van der Waals surface area contributed by atoms with Crippen LogP contribution in [0.4, 0.5) is 5.69 Å². The minimum Gasteiger partial charge on any atom is -0.322 e. The van der Waals surface area contributed by atoms with Crippen LogP contribution in [-0.4, -0.2) is 28.7 Å². The molecule has 3 aromatic rings. The molecule has 0 spiro atoms. The Morgan fingerprint density at radius 3 is 2.38 bits per heavy atom. The lowest BCUT2D eigenvalue weighted by Crippen LogP contribution is -2.45. The predicted molar refractivity (Wildman–Crippen MR) is 133 cm³/mol. The van der Waals surface area contributed by atoms with Gasteiger partial charge in [0, 0.05) is 20.7 Å². The van der Waals surface area contributed by atoms with Gasteiger partial charge in [-0.15, -0.1) is 0 Å². The maximum absolute atomic E-state index is 13.6. The molecule has 5 nitrogen and oxygen atoms in total. The Morgan fingerprint density at radius 1 is 1.03 bits per heavy atom. The van der Waals surface area contributed by atoms with E-state index in [0.29, 0.717) is 21.8 Å². The quantitative estimate of drug-likeness (QED) is 0.318. The summed E-state index contributed by atoms with van der Waals surface area (Å²) < 4.78 is 0.997. The molecule has 0 saturated carbocycles. The number of hydrogen-bond acceptors (Lipinski definition) is 3. The van der Waals surface area contributed by atoms with Crippen LogP contribution in [0.25, 0.3) is 0 Å². The van der Waals surface area contributed by atoms with Crippen molar-refractivity contribution in [3.8, 4) is 0 Å². The molecule has 1 saturated heterocycles. The Bertz CT molecular complexity index is 1200. The van der Waals surface area contributed by atoms with E-state index in [9.17, 15) is 14.4 Å². The van der Waals surface area contributed by atoms with Crippen LogP contribution < -0.4 is 4.90 Å². The van der Waals surface area contributed by atoms with Crippen LogP contribution in [-0.2, 0) is 16.1 Å². The van der Waals surface area contributed by atoms with Gasteiger partial charge in [-0.05, 0) is 77.0 Å². The van der Waals surface area contributed by atoms with Crippen molar-refractivity contribution in [3.05, 3.63) is 98.1 Å². The number of carbonyl (C=O) groups is 3. The molecule has 1 aliphatic rings. The van der Waals surface area contributed by atoms with Crippen molar-refractivity contribution in [2.75, 3.05) is 4.90 Å². The lowest BCUT2D eigenvalue weighted by atomic mass is 10.0. The van der Waals surface area contributed by atoms with Gasteiger partial charge in [-0.25, -0.2) is 4.90 Å². The molecule has 3 amide bonds. The number of carbonyl (C=O) groups excluding carboxylic acids is 3. The average Bonchev–Trinajstić information content (AvgIpc) is 3.07. The molecule has 1 fully saturated rings. The van der Waals surface area contributed by atoms with Gasteiger partial charge in [0.15, 0.2) is 0 Å². The second kappa shape index (κ2) is 9.42. The molecule has 32 heavy (non-hydrogen) atoms. The smallest absolute Gasteiger partial charge is 0.257 e. The Balaban J connectivity index is 1.72. The van der Waals surface area contributed by atoms with Crippen LogP contribution in [0.5, 0.6) is 0 Å². The molecule has 1 aliphatic heterocycles. The van der Waals surface area contributed by atoms with Crippen molar-refractivity contribution in [2.45, 2.75) is 25.9 Å². The molecule has 0 bridgehead atoms. The lowest BCUT2D eigenvalue weighted by Gasteiger charge is -2.28. The highest BCUT2D eigenvalue weighted by Crippen LogP contribution is 2.29. The average molecular weight is 559 g/mol. The lowest BCUT2D eigenvalue weighted by molar-refractivity contribution is -0.122. The first-order chi connectivity index (χ1) is 15.4. The predicted octanol–water partition coefficient (Wildman–Crippen LogP) is 5.23. The second-order valence-electron chi connectivity index (χ2n) is 7.60. The van der Waals surface area contributed by atoms with Crippen molar-refractivity contribution < 1.29 is 14.4 Å². The van der Waals surface area contributed by atoms with Gasteiger partial charge in [0.2, 0.25) is 5.91 Å². The van der Waals surface area contributed by atoms with Crippen LogP contribution in [0, 0.1) is 10.5 Å². The highest BCUT2D eigenvalue weighted by molar-refractivity contribution is 14.1. The first kappa shape index (κ1) is 22.5. The Kier molecular flexibility index (Phi) is 6.62. The van der Waals surface area contributed by atoms with Gasteiger partial charge in [0.25, 0.3) is 11.8 Å². The summed E-state index contributed by atoms with van der Waals surface area (Å²) in [7, 11) is 0. The maximum Gasteiger partial charge on any atom is 0.257 e. The molecule has 4 rings (SSSR count). The summed E-state index contributed by atoms with van der Waals surface area (Å²) >= 11 is 8.53. The zero-order chi connectivity index (χ0) is 22.8. The van der Waals surface area contributed by atoms with Gasteiger partial charge in [-0.3, -0.25) is 14.4 Å². The number of benzene rings is 3. The summed E-state index contributed by atoms with van der Waals surface area (Å²) in [6.07, 6.45) is -0.0765. The van der Waals surface area contributed by atoms with E-state index < -0.39 is 11.9 Å². The number of anilines is 1. The minimum atomic E-state index is -0.912. The molecule has 0 radical (unpaired) electrons. The molecule has 7 heteroatoms. The van der Waals surface area contributed by atoms with Gasteiger partial charge < -0.3 is 4.90 Å². The van der Waals surface area contributed by atoms with Crippen molar-refractivity contribution in [1.82, 2.24) is 4.90 Å². The summed E-state index contributed by atoms with van der Waals surface area (Å²) in [4.78, 5) is 42.5. The standard InChI is InChI=1S/C25H20ClIN2O3/c1-16-6-2-4-8-20(16)24(31)28(15-17-7-3-5-9-21(17)26)22-14-23(30)29(25(22)32)19-12-10-18(27)11-13-19/h2-13,22H,14-15H2,1H3. The first-order valence-electron chi connectivity index (χ1n) is 10.1. The number of hydrogen-bond donors (Lipinski definition) is 0. The summed E-state index contributed by atoms with van der Waals surface area (Å²) in [6, 6.07) is 20.7. The Hall–Kier alpha value is -2.71. The van der Waals surface area contributed by atoms with Crippen LogP contribution in [0.1, 0.15) is 27.9 Å². The number of rotatable bonds is 5. The van der Waals surface area contributed by atoms with E-state index in [-0.39, 0.29) is 24.8 Å². The maximum atomic E-state index is 13.6. The van der Waals surface area contributed by atoms with Crippen LogP contribution in [0.3, 0.4) is 0 Å². The Labute approximate surface area is 205 Å². The topological polar surface area (TPSA) is 57.7 Å². The summed E-state index contributed by atoms with van der Waals surface area (Å²) in [5.74, 6) is -1.05. The number of aryl methyl sites for hydroxylation is 1. The zero-order valence-corrected chi connectivity index (χ0v) is 20.2. The minimum absolute atomic E-state index is 0.0765. The largest absolute Gasteiger partial charge is 0.322 e. The number of amides is 3. The number of nitrogens with zero attached hydrogens (tertiary/aromatic N) is 2. The summed E-state index contributed by atoms with van der Waals surface area (Å²) in [5.41, 5.74) is 2.51. The molecule has 0 N–H and O–H groups in total. The molecular formula is C25H20ClIN2O3. The zero-order valence-electron chi connectivity index (χ0n) is 17.3. The number of imide groups is 1. The molecule has 1 heterocycles. The molecular weight excluding hydrogens is 539 g/mol. The number of halogens is 2. The van der Waals surface area contributed by atoms with E-state index in [4.69, 9.17) is 11.6 Å². The SMILES string of the molecule is Cc1ccccc1C(=O)N(Cc1ccccc1Cl)C1CC(=O)N(c2ccc(I)cc2)C1=O. The molecule has 0 aliphatic carbocycles.